The molecule has 2 aromatic heterocycles. The van der Waals surface area contributed by atoms with E-state index in [1.54, 1.807) is 16.8 Å². The second-order valence-corrected chi connectivity index (χ2v) is 8.56. The Morgan fingerprint density at radius 1 is 1.29 bits per heavy atom. The van der Waals surface area contributed by atoms with Gasteiger partial charge in [0.05, 0.1) is 30.3 Å². The first-order valence-electron chi connectivity index (χ1n) is 11.6. The molecule has 182 valence electrons. The molecule has 9 heteroatoms. The number of ether oxygens (including phenoxy) is 1. The van der Waals surface area contributed by atoms with Crippen LogP contribution >= 0.6 is 0 Å². The number of nitrogens with two attached hydrogens (primary N) is 1. The molecule has 0 radical (unpaired) electrons. The van der Waals surface area contributed by atoms with Crippen LogP contribution in [-0.2, 0) is 17.8 Å². The second kappa shape index (κ2) is 11.1. The number of hydrogen-bond acceptors (Lipinski definition) is 8. The van der Waals surface area contributed by atoms with Gasteiger partial charge in [-0.05, 0) is 43.5 Å². The Balaban J connectivity index is 1.58. The molecule has 1 aliphatic heterocycles. The zero-order chi connectivity index (χ0) is 24.8. The van der Waals surface area contributed by atoms with Crippen molar-refractivity contribution in [1.82, 2.24) is 19.9 Å². The highest BCUT2D eigenvalue weighted by molar-refractivity contribution is 6.09. The lowest BCUT2D eigenvalue weighted by Gasteiger charge is -2.23. The van der Waals surface area contributed by atoms with Crippen molar-refractivity contribution < 1.29 is 9.84 Å². The molecule has 1 aliphatic rings. The largest absolute Gasteiger partial charge is 0.505 e. The minimum atomic E-state index is -0.259. The molecule has 9 nitrogen and oxygen atoms in total. The summed E-state index contributed by atoms with van der Waals surface area (Å²) in [5, 5.41) is 22.1. The lowest BCUT2D eigenvalue weighted by molar-refractivity contribution is 0.00545. The predicted octanol–water partition coefficient (Wildman–Crippen LogP) is 3.14. The molecule has 3 aromatic rings. The molecule has 1 atom stereocenters. The molecule has 1 aromatic carbocycles. The number of aliphatic hydroxyl groups excluding tert-OH is 1. The van der Waals surface area contributed by atoms with Crippen molar-refractivity contribution in [2.75, 3.05) is 19.4 Å². The van der Waals surface area contributed by atoms with Gasteiger partial charge in [-0.25, -0.2) is 9.97 Å². The SMILES string of the molecule is CNCc1ccc(C(=N)/C=C(\O)c2nc(-c3ccc(=O)n(CC4CCCCO4)c3)cnc2N)cc1. The Bertz CT molecular complexity index is 1280. The summed E-state index contributed by atoms with van der Waals surface area (Å²) in [5.41, 5.74) is 8.92. The summed E-state index contributed by atoms with van der Waals surface area (Å²) < 4.78 is 7.39. The van der Waals surface area contributed by atoms with E-state index < -0.39 is 0 Å². The van der Waals surface area contributed by atoms with Crippen LogP contribution in [0.2, 0.25) is 0 Å². The Labute approximate surface area is 203 Å². The number of hydrogen-bond donors (Lipinski definition) is 4. The monoisotopic (exact) mass is 474 g/mol. The number of nitrogens with zero attached hydrogens (tertiary/aromatic N) is 3. The van der Waals surface area contributed by atoms with E-state index in [9.17, 15) is 9.90 Å². The summed E-state index contributed by atoms with van der Waals surface area (Å²) in [5.74, 6) is -0.214. The minimum absolute atomic E-state index is 0.00931. The molecule has 35 heavy (non-hydrogen) atoms. The normalized spacial score (nSPS) is 16.3. The van der Waals surface area contributed by atoms with Gasteiger partial charge in [-0.3, -0.25) is 4.79 Å². The van der Waals surface area contributed by atoms with E-state index in [2.05, 4.69) is 15.3 Å². The summed E-state index contributed by atoms with van der Waals surface area (Å²) >= 11 is 0. The number of aliphatic hydroxyl groups is 1. The lowest BCUT2D eigenvalue weighted by Crippen LogP contribution is -2.30. The summed E-state index contributed by atoms with van der Waals surface area (Å²) in [7, 11) is 1.87. The van der Waals surface area contributed by atoms with Crippen LogP contribution in [-0.4, -0.2) is 45.1 Å². The first-order valence-corrected chi connectivity index (χ1v) is 11.6. The van der Waals surface area contributed by atoms with Gasteiger partial charge in [0.2, 0.25) is 0 Å². The first-order chi connectivity index (χ1) is 16.9. The Morgan fingerprint density at radius 2 is 2.09 bits per heavy atom. The van der Waals surface area contributed by atoms with Gasteiger partial charge in [-0.15, -0.1) is 0 Å². The van der Waals surface area contributed by atoms with E-state index in [-0.39, 0.29) is 34.6 Å². The summed E-state index contributed by atoms with van der Waals surface area (Å²) in [4.78, 5) is 21.1. The van der Waals surface area contributed by atoms with Gasteiger partial charge in [0.25, 0.3) is 5.56 Å². The zero-order valence-corrected chi connectivity index (χ0v) is 19.7. The number of rotatable bonds is 8. The third-order valence-corrected chi connectivity index (χ3v) is 5.92. The topological polar surface area (TPSA) is 139 Å². The van der Waals surface area contributed by atoms with Gasteiger partial charge in [0.15, 0.2) is 5.82 Å². The van der Waals surface area contributed by atoms with Crippen molar-refractivity contribution in [2.45, 2.75) is 38.5 Å². The maximum absolute atomic E-state index is 12.4. The average Bonchev–Trinajstić information content (AvgIpc) is 2.87. The van der Waals surface area contributed by atoms with Crippen LogP contribution in [0, 0.1) is 5.41 Å². The average molecular weight is 475 g/mol. The number of nitrogens with one attached hydrogen (secondary N) is 2. The predicted molar refractivity (Wildman–Crippen MR) is 136 cm³/mol. The highest BCUT2D eigenvalue weighted by atomic mass is 16.5. The fourth-order valence-electron chi connectivity index (χ4n) is 4.02. The number of nitrogen functional groups attached to an aromatic ring is 1. The highest BCUT2D eigenvalue weighted by Gasteiger charge is 2.16. The molecular formula is C26H30N6O3. The van der Waals surface area contributed by atoms with Crippen molar-refractivity contribution in [3.63, 3.8) is 0 Å². The third-order valence-electron chi connectivity index (χ3n) is 5.92. The maximum atomic E-state index is 12.4. The Morgan fingerprint density at radius 3 is 2.80 bits per heavy atom. The number of pyridine rings is 1. The first kappa shape index (κ1) is 24.3. The molecule has 1 saturated heterocycles. The summed E-state index contributed by atoms with van der Waals surface area (Å²) in [6, 6.07) is 10.6. The molecule has 1 unspecified atom stereocenters. The molecule has 0 aliphatic carbocycles. The van der Waals surface area contributed by atoms with Gasteiger partial charge >= 0.3 is 0 Å². The van der Waals surface area contributed by atoms with Gasteiger partial charge in [0, 0.05) is 37.1 Å². The molecule has 0 bridgehead atoms. The maximum Gasteiger partial charge on any atom is 0.250 e. The van der Waals surface area contributed by atoms with E-state index in [1.165, 1.54) is 18.3 Å². The van der Waals surface area contributed by atoms with Crippen molar-refractivity contribution in [2.24, 2.45) is 0 Å². The Kier molecular flexibility index (Phi) is 7.69. The number of benzene rings is 1. The van der Waals surface area contributed by atoms with Crippen molar-refractivity contribution >= 4 is 17.3 Å². The van der Waals surface area contributed by atoms with Crippen LogP contribution < -0.4 is 16.6 Å². The van der Waals surface area contributed by atoms with Gasteiger partial charge in [-0.2, -0.15) is 0 Å². The van der Waals surface area contributed by atoms with Gasteiger partial charge in [0.1, 0.15) is 11.5 Å². The van der Waals surface area contributed by atoms with E-state index in [0.717, 1.165) is 31.4 Å². The molecule has 3 heterocycles. The lowest BCUT2D eigenvalue weighted by atomic mass is 10.1. The van der Waals surface area contributed by atoms with Gasteiger partial charge < -0.3 is 30.9 Å². The van der Waals surface area contributed by atoms with Crippen LogP contribution in [0.5, 0.6) is 0 Å². The van der Waals surface area contributed by atoms with E-state index in [0.29, 0.717) is 30.0 Å². The number of anilines is 1. The summed E-state index contributed by atoms with van der Waals surface area (Å²) in [6.07, 6.45) is 7.59. The molecule has 4 rings (SSSR count). The molecule has 0 amide bonds. The Hall–Kier alpha value is -3.82. The minimum Gasteiger partial charge on any atom is -0.505 e. The van der Waals surface area contributed by atoms with Crippen molar-refractivity contribution in [1.29, 1.82) is 5.41 Å². The standard InChI is InChI=1S/C26H30N6O3/c1-29-13-17-5-7-18(8-6-17)21(27)12-23(33)25-26(28)30-14-22(31-25)19-9-10-24(34)32(15-19)16-20-4-2-3-11-35-20/h5-10,12,14-15,20,27,29,33H,2-4,11,13,16H2,1H3,(H2,28,30)/b23-12-,27-21?. The third kappa shape index (κ3) is 6.00. The smallest absolute Gasteiger partial charge is 0.250 e. The van der Waals surface area contributed by atoms with Gasteiger partial charge in [-0.1, -0.05) is 24.3 Å². The number of aromatic nitrogens is 3. The van der Waals surface area contributed by atoms with Crippen molar-refractivity contribution in [3.05, 3.63) is 82.0 Å². The zero-order valence-electron chi connectivity index (χ0n) is 19.7. The number of allylic oxidation sites excluding steroid dienone is 1. The molecule has 0 spiro atoms. The van der Waals surface area contributed by atoms with Crippen molar-refractivity contribution in [3.8, 4) is 11.3 Å². The van der Waals surface area contributed by atoms with Crippen LogP contribution in [0.3, 0.4) is 0 Å². The second-order valence-electron chi connectivity index (χ2n) is 8.56. The van der Waals surface area contributed by atoms with E-state index >= 15 is 0 Å². The van der Waals surface area contributed by atoms with E-state index in [4.69, 9.17) is 15.9 Å². The molecule has 1 fully saturated rings. The van der Waals surface area contributed by atoms with E-state index in [1.807, 2.05) is 31.3 Å². The highest BCUT2D eigenvalue weighted by Crippen LogP contribution is 2.22. The van der Waals surface area contributed by atoms with Crippen LogP contribution in [0.1, 0.15) is 36.1 Å². The fraction of sp³-hybridized carbons (Fsp3) is 0.308. The van der Waals surface area contributed by atoms with Crippen LogP contribution in [0.25, 0.3) is 17.0 Å². The van der Waals surface area contributed by atoms with Crippen LogP contribution in [0.15, 0.2) is 59.7 Å². The summed E-state index contributed by atoms with van der Waals surface area (Å²) in [6.45, 7) is 1.92. The quantitative estimate of drug-likeness (QED) is 0.290. The molecule has 0 saturated carbocycles. The fourth-order valence-corrected chi connectivity index (χ4v) is 4.02. The molecular weight excluding hydrogens is 444 g/mol. The van der Waals surface area contributed by atoms with Crippen LogP contribution in [0.4, 0.5) is 5.82 Å². The molecule has 5 N–H and O–H groups in total.